The molecule has 1 fully saturated rings. The molecule has 0 saturated carbocycles. The maximum atomic E-state index is 6.07. The first-order valence-corrected chi connectivity index (χ1v) is 6.10. The molecule has 2 rings (SSSR count). The van der Waals surface area contributed by atoms with Crippen LogP contribution in [0.15, 0.2) is 18.3 Å². The van der Waals surface area contributed by atoms with Crippen LogP contribution < -0.4 is 0 Å². The number of rotatable bonds is 3. The Morgan fingerprint density at radius 1 is 1.62 bits per heavy atom. The maximum absolute atomic E-state index is 6.07. The summed E-state index contributed by atoms with van der Waals surface area (Å²) in [6.07, 6.45) is 2.83. The molecule has 1 aromatic rings. The molecule has 0 aromatic carbocycles. The first kappa shape index (κ1) is 11.8. The lowest BCUT2D eigenvalue weighted by Crippen LogP contribution is -2.44. The summed E-state index contributed by atoms with van der Waals surface area (Å²) >= 11 is 6.07. The Bertz CT molecular complexity index is 346. The molecule has 3 nitrogen and oxygen atoms in total. The van der Waals surface area contributed by atoms with E-state index in [2.05, 4.69) is 16.8 Å². The molecule has 0 radical (unpaired) electrons. The quantitative estimate of drug-likeness (QED) is 0.759. The molecule has 1 saturated heterocycles. The van der Waals surface area contributed by atoms with Gasteiger partial charge in [-0.05, 0) is 12.5 Å². The number of hydrogen-bond acceptors (Lipinski definition) is 3. The fraction of sp³-hybridized carbons (Fsp3) is 0.583. The Hall–Kier alpha value is -0.640. The van der Waals surface area contributed by atoms with E-state index in [0.29, 0.717) is 11.2 Å². The van der Waals surface area contributed by atoms with Gasteiger partial charge in [-0.3, -0.25) is 4.90 Å². The van der Waals surface area contributed by atoms with E-state index < -0.39 is 0 Å². The van der Waals surface area contributed by atoms with Crippen LogP contribution in [0.3, 0.4) is 0 Å². The van der Waals surface area contributed by atoms with Gasteiger partial charge in [-0.2, -0.15) is 0 Å². The molecule has 0 amide bonds. The Balaban J connectivity index is 2.05. The van der Waals surface area contributed by atoms with Crippen molar-refractivity contribution in [2.24, 2.45) is 0 Å². The van der Waals surface area contributed by atoms with Crippen LogP contribution in [0.4, 0.5) is 0 Å². The van der Waals surface area contributed by atoms with Crippen LogP contribution in [-0.2, 0) is 11.3 Å². The third-order valence-electron chi connectivity index (χ3n) is 3.03. The zero-order valence-corrected chi connectivity index (χ0v) is 10.3. The maximum Gasteiger partial charge on any atom is 0.133 e. The molecule has 0 bridgehead atoms. The number of hydrogen-bond donors (Lipinski definition) is 0. The molecule has 0 spiro atoms. The standard InChI is InChI=1S/C12H17ClN2O/c1-2-11-9-16-7-6-15(11)8-10-4-3-5-14-12(10)13/h3-5,11H,2,6-9H2,1H3. The monoisotopic (exact) mass is 240 g/mol. The van der Waals surface area contributed by atoms with Crippen LogP contribution in [-0.4, -0.2) is 35.7 Å². The molecule has 0 N–H and O–H groups in total. The summed E-state index contributed by atoms with van der Waals surface area (Å²) in [4.78, 5) is 6.53. The fourth-order valence-corrected chi connectivity index (χ4v) is 2.21. The van der Waals surface area contributed by atoms with E-state index in [0.717, 1.165) is 38.3 Å². The molecule has 0 aliphatic carbocycles. The predicted octanol–water partition coefficient (Wildman–Crippen LogP) is 2.35. The van der Waals surface area contributed by atoms with Gasteiger partial charge in [0, 0.05) is 30.9 Å². The molecular formula is C12H17ClN2O. The minimum Gasteiger partial charge on any atom is -0.378 e. The molecule has 1 aliphatic heterocycles. The number of morpholine rings is 1. The van der Waals surface area contributed by atoms with Crippen molar-refractivity contribution in [2.75, 3.05) is 19.8 Å². The van der Waals surface area contributed by atoms with Crippen molar-refractivity contribution in [1.82, 2.24) is 9.88 Å². The van der Waals surface area contributed by atoms with E-state index in [4.69, 9.17) is 16.3 Å². The van der Waals surface area contributed by atoms with E-state index in [1.165, 1.54) is 0 Å². The molecule has 1 aliphatic rings. The normalized spacial score (nSPS) is 22.2. The SMILES string of the molecule is CCC1COCCN1Cc1cccnc1Cl. The van der Waals surface area contributed by atoms with Gasteiger partial charge in [0.15, 0.2) is 0 Å². The third kappa shape index (κ3) is 2.73. The molecule has 88 valence electrons. The fourth-order valence-electron chi connectivity index (χ4n) is 2.03. The predicted molar refractivity (Wildman–Crippen MR) is 64.6 cm³/mol. The van der Waals surface area contributed by atoms with Crippen LogP contribution in [0.5, 0.6) is 0 Å². The van der Waals surface area contributed by atoms with Gasteiger partial charge in [-0.1, -0.05) is 24.6 Å². The van der Waals surface area contributed by atoms with Gasteiger partial charge in [0.25, 0.3) is 0 Å². The summed E-state index contributed by atoms with van der Waals surface area (Å²) in [7, 11) is 0. The van der Waals surface area contributed by atoms with Crippen molar-refractivity contribution in [3.63, 3.8) is 0 Å². The van der Waals surface area contributed by atoms with Crippen molar-refractivity contribution in [3.8, 4) is 0 Å². The van der Waals surface area contributed by atoms with E-state index in [-0.39, 0.29) is 0 Å². The van der Waals surface area contributed by atoms with E-state index in [1.54, 1.807) is 6.20 Å². The smallest absolute Gasteiger partial charge is 0.133 e. The number of pyridine rings is 1. The molecule has 1 aromatic heterocycles. The summed E-state index contributed by atoms with van der Waals surface area (Å²) in [5.74, 6) is 0. The van der Waals surface area contributed by atoms with Gasteiger partial charge in [0.2, 0.25) is 0 Å². The van der Waals surface area contributed by atoms with Gasteiger partial charge in [0.1, 0.15) is 5.15 Å². The Kier molecular flexibility index (Phi) is 4.16. The summed E-state index contributed by atoms with van der Waals surface area (Å²) < 4.78 is 5.48. The van der Waals surface area contributed by atoms with Crippen molar-refractivity contribution >= 4 is 11.6 Å². The second kappa shape index (κ2) is 5.62. The minimum atomic E-state index is 0.505. The van der Waals surface area contributed by atoms with Crippen molar-refractivity contribution < 1.29 is 4.74 Å². The van der Waals surface area contributed by atoms with Crippen molar-refractivity contribution in [1.29, 1.82) is 0 Å². The van der Waals surface area contributed by atoms with Gasteiger partial charge in [-0.15, -0.1) is 0 Å². The van der Waals surface area contributed by atoms with Crippen LogP contribution in [0.1, 0.15) is 18.9 Å². The Labute approximate surface area is 101 Å². The first-order valence-electron chi connectivity index (χ1n) is 5.72. The van der Waals surface area contributed by atoms with Gasteiger partial charge in [0.05, 0.1) is 13.2 Å². The Morgan fingerprint density at radius 3 is 3.25 bits per heavy atom. The lowest BCUT2D eigenvalue weighted by atomic mass is 10.1. The number of halogens is 1. The number of ether oxygens (including phenoxy) is 1. The van der Waals surface area contributed by atoms with E-state index in [1.807, 2.05) is 12.1 Å². The summed E-state index contributed by atoms with van der Waals surface area (Å²) in [6.45, 7) is 5.68. The van der Waals surface area contributed by atoms with Crippen LogP contribution in [0, 0.1) is 0 Å². The molecule has 4 heteroatoms. The Morgan fingerprint density at radius 2 is 2.50 bits per heavy atom. The minimum absolute atomic E-state index is 0.505. The lowest BCUT2D eigenvalue weighted by Gasteiger charge is -2.35. The summed E-state index contributed by atoms with van der Waals surface area (Å²) in [6, 6.07) is 4.48. The average molecular weight is 241 g/mol. The highest BCUT2D eigenvalue weighted by atomic mass is 35.5. The topological polar surface area (TPSA) is 25.4 Å². The van der Waals surface area contributed by atoms with Crippen molar-refractivity contribution in [3.05, 3.63) is 29.0 Å². The van der Waals surface area contributed by atoms with E-state index >= 15 is 0 Å². The second-order valence-corrected chi connectivity index (χ2v) is 4.42. The average Bonchev–Trinajstić information content (AvgIpc) is 2.33. The largest absolute Gasteiger partial charge is 0.378 e. The third-order valence-corrected chi connectivity index (χ3v) is 3.37. The van der Waals surface area contributed by atoms with Gasteiger partial charge < -0.3 is 4.74 Å². The lowest BCUT2D eigenvalue weighted by molar-refractivity contribution is -0.0127. The van der Waals surface area contributed by atoms with Gasteiger partial charge >= 0.3 is 0 Å². The summed E-state index contributed by atoms with van der Waals surface area (Å²) in [5, 5.41) is 0.615. The van der Waals surface area contributed by atoms with Crippen LogP contribution >= 0.6 is 11.6 Å². The highest BCUT2D eigenvalue weighted by molar-refractivity contribution is 6.30. The van der Waals surface area contributed by atoms with Crippen LogP contribution in [0.2, 0.25) is 5.15 Å². The zero-order valence-electron chi connectivity index (χ0n) is 9.53. The second-order valence-electron chi connectivity index (χ2n) is 4.06. The molecule has 1 unspecified atom stereocenters. The zero-order chi connectivity index (χ0) is 11.4. The highest BCUT2D eigenvalue weighted by Crippen LogP contribution is 2.18. The van der Waals surface area contributed by atoms with Crippen molar-refractivity contribution in [2.45, 2.75) is 25.9 Å². The first-order chi connectivity index (χ1) is 7.81. The molecule has 16 heavy (non-hydrogen) atoms. The number of nitrogens with zero attached hydrogens (tertiary/aromatic N) is 2. The van der Waals surface area contributed by atoms with E-state index in [9.17, 15) is 0 Å². The number of aromatic nitrogens is 1. The summed E-state index contributed by atoms with van der Waals surface area (Å²) in [5.41, 5.74) is 1.10. The molecule has 2 heterocycles. The molecular weight excluding hydrogens is 224 g/mol. The highest BCUT2D eigenvalue weighted by Gasteiger charge is 2.21. The van der Waals surface area contributed by atoms with Gasteiger partial charge in [-0.25, -0.2) is 4.98 Å². The molecule has 1 atom stereocenters. The van der Waals surface area contributed by atoms with Crippen LogP contribution in [0.25, 0.3) is 0 Å².